The van der Waals surface area contributed by atoms with Gasteiger partial charge in [-0.15, -0.1) is 0 Å². The summed E-state index contributed by atoms with van der Waals surface area (Å²) in [6, 6.07) is 0. The molecule has 0 aliphatic heterocycles. The Hall–Kier alpha value is -1.77. The number of hydrogen-bond acceptors (Lipinski definition) is 8. The van der Waals surface area contributed by atoms with Crippen molar-refractivity contribution in [2.45, 2.75) is 200 Å². The third kappa shape index (κ3) is 39.7. The van der Waals surface area contributed by atoms with Crippen LogP contribution >= 0.6 is 7.82 Å². The second-order valence-electron chi connectivity index (χ2n) is 14.2. The number of rotatable bonds is 40. The van der Waals surface area contributed by atoms with E-state index in [-0.39, 0.29) is 38.6 Å². The fourth-order valence-electron chi connectivity index (χ4n) is 5.76. The molecule has 0 aromatic heterocycles. The zero-order chi connectivity index (χ0) is 38.9. The van der Waals surface area contributed by atoms with Crippen molar-refractivity contribution >= 4 is 19.8 Å². The van der Waals surface area contributed by atoms with Crippen LogP contribution in [0, 0.1) is 0 Å². The van der Waals surface area contributed by atoms with Gasteiger partial charge < -0.3 is 20.1 Å². The van der Waals surface area contributed by atoms with Crippen LogP contribution in [0.2, 0.25) is 0 Å². The summed E-state index contributed by atoms with van der Waals surface area (Å²) in [6.45, 7) is 3.67. The molecule has 53 heavy (non-hydrogen) atoms. The molecule has 0 saturated heterocycles. The highest BCUT2D eigenvalue weighted by Crippen LogP contribution is 2.43. The quantitative estimate of drug-likeness (QED) is 0.0270. The molecule has 0 aromatic carbocycles. The van der Waals surface area contributed by atoms with Crippen LogP contribution in [0.3, 0.4) is 0 Å². The molecule has 9 nitrogen and oxygen atoms in total. The van der Waals surface area contributed by atoms with Gasteiger partial charge in [-0.1, -0.05) is 153 Å². The molecule has 310 valence electrons. The van der Waals surface area contributed by atoms with Crippen molar-refractivity contribution in [1.29, 1.82) is 0 Å². The Bertz CT molecular complexity index is 970. The van der Waals surface area contributed by atoms with E-state index in [1.807, 2.05) is 0 Å². The number of hydrogen-bond donors (Lipinski definition) is 2. The molecule has 0 spiro atoms. The fraction of sp³-hybridized carbons (Fsp3) is 0.814. The van der Waals surface area contributed by atoms with Gasteiger partial charge in [-0.2, -0.15) is 0 Å². The summed E-state index contributed by atoms with van der Waals surface area (Å²) >= 11 is 0. The predicted molar refractivity (Wildman–Crippen MR) is 220 cm³/mol. The van der Waals surface area contributed by atoms with E-state index in [0.29, 0.717) is 6.42 Å². The van der Waals surface area contributed by atoms with Gasteiger partial charge in [0.25, 0.3) is 0 Å². The zero-order valence-electron chi connectivity index (χ0n) is 34.0. The number of esters is 2. The van der Waals surface area contributed by atoms with E-state index in [1.54, 1.807) is 0 Å². The van der Waals surface area contributed by atoms with Gasteiger partial charge in [-0.05, 0) is 64.2 Å². The average Bonchev–Trinajstić information content (AvgIpc) is 3.14. The highest BCUT2D eigenvalue weighted by atomic mass is 31.2. The van der Waals surface area contributed by atoms with Crippen LogP contribution in [0.25, 0.3) is 0 Å². The molecule has 0 fully saturated rings. The molecule has 3 N–H and O–H groups in total. The van der Waals surface area contributed by atoms with Crippen molar-refractivity contribution in [1.82, 2.24) is 0 Å². The molecule has 0 aliphatic carbocycles. The standard InChI is InChI=1S/C43H80NO8P/c1-3-5-7-9-11-13-15-17-19-20-22-24-26-28-30-32-34-36-43(46)52-41(40-51-53(47,48)50-38-37-44)39-49-42(45)35-33-31-29-27-25-23-21-18-16-14-12-10-8-6-4-2/h10-13,17,19,41H,3-9,14-16,18,20-40,44H2,1-2H3,(H,47,48)/b12-10+,13-11+,19-17+/t41-/m1/s1. The molecule has 0 radical (unpaired) electrons. The van der Waals surface area contributed by atoms with Crippen LogP contribution in [0.1, 0.15) is 194 Å². The van der Waals surface area contributed by atoms with Crippen LogP contribution in [0.4, 0.5) is 0 Å². The number of carbonyl (C=O) groups is 2. The monoisotopic (exact) mass is 770 g/mol. The first-order chi connectivity index (χ1) is 25.8. The van der Waals surface area contributed by atoms with Crippen molar-refractivity contribution in [2.75, 3.05) is 26.4 Å². The van der Waals surface area contributed by atoms with Gasteiger partial charge in [-0.3, -0.25) is 18.6 Å². The van der Waals surface area contributed by atoms with E-state index in [0.717, 1.165) is 51.4 Å². The third-order valence-corrected chi connectivity index (χ3v) is 9.98. The first-order valence-corrected chi connectivity index (χ1v) is 23.0. The molecule has 0 bridgehead atoms. The average molecular weight is 770 g/mol. The zero-order valence-corrected chi connectivity index (χ0v) is 34.9. The number of phosphoric ester groups is 1. The molecule has 0 saturated carbocycles. The molecule has 1 unspecified atom stereocenters. The van der Waals surface area contributed by atoms with Gasteiger partial charge >= 0.3 is 19.8 Å². The molecule has 0 amide bonds. The third-order valence-electron chi connectivity index (χ3n) is 9.00. The summed E-state index contributed by atoms with van der Waals surface area (Å²) in [5.74, 6) is -0.838. The minimum atomic E-state index is -4.38. The Kier molecular flexibility index (Phi) is 38.6. The van der Waals surface area contributed by atoms with Gasteiger partial charge in [0.05, 0.1) is 13.2 Å². The summed E-state index contributed by atoms with van der Waals surface area (Å²) in [6.07, 6.45) is 43.1. The fourth-order valence-corrected chi connectivity index (χ4v) is 6.53. The highest BCUT2D eigenvalue weighted by Gasteiger charge is 2.26. The Labute approximate surface area is 324 Å². The van der Waals surface area contributed by atoms with Crippen molar-refractivity contribution < 1.29 is 37.6 Å². The molecule has 0 rings (SSSR count). The lowest BCUT2D eigenvalue weighted by Crippen LogP contribution is -2.29. The molecule has 0 heterocycles. The van der Waals surface area contributed by atoms with Crippen LogP contribution in [-0.2, 0) is 32.7 Å². The Morgan fingerprint density at radius 1 is 0.566 bits per heavy atom. The molecule has 2 atom stereocenters. The van der Waals surface area contributed by atoms with Crippen molar-refractivity contribution in [2.24, 2.45) is 5.73 Å². The largest absolute Gasteiger partial charge is 0.472 e. The topological polar surface area (TPSA) is 134 Å². The maximum atomic E-state index is 12.6. The number of carbonyl (C=O) groups excluding carboxylic acids is 2. The van der Waals surface area contributed by atoms with E-state index in [1.165, 1.54) is 109 Å². The van der Waals surface area contributed by atoms with Crippen LogP contribution < -0.4 is 5.73 Å². The number of allylic oxidation sites excluding steroid dienone is 6. The van der Waals surface area contributed by atoms with E-state index in [2.05, 4.69) is 50.3 Å². The summed E-state index contributed by atoms with van der Waals surface area (Å²) in [7, 11) is -4.38. The molecule has 10 heteroatoms. The maximum Gasteiger partial charge on any atom is 0.472 e. The van der Waals surface area contributed by atoms with Gasteiger partial charge in [0.2, 0.25) is 0 Å². The minimum Gasteiger partial charge on any atom is -0.462 e. The molecular weight excluding hydrogens is 689 g/mol. The van der Waals surface area contributed by atoms with Gasteiger partial charge in [0.1, 0.15) is 6.61 Å². The summed E-state index contributed by atoms with van der Waals surface area (Å²) in [5, 5.41) is 0. The van der Waals surface area contributed by atoms with Crippen LogP contribution in [0.15, 0.2) is 36.5 Å². The summed E-state index contributed by atoms with van der Waals surface area (Å²) in [4.78, 5) is 34.8. The van der Waals surface area contributed by atoms with E-state index in [4.69, 9.17) is 24.3 Å². The Morgan fingerprint density at radius 2 is 1.00 bits per heavy atom. The number of ether oxygens (including phenoxy) is 2. The van der Waals surface area contributed by atoms with Crippen molar-refractivity contribution in [3.05, 3.63) is 36.5 Å². The summed E-state index contributed by atoms with van der Waals surface area (Å²) < 4.78 is 32.8. The molecular formula is C43H80NO8P. The first-order valence-electron chi connectivity index (χ1n) is 21.5. The lowest BCUT2D eigenvalue weighted by atomic mass is 10.1. The molecule has 0 aromatic rings. The second kappa shape index (κ2) is 39.9. The van der Waals surface area contributed by atoms with Crippen molar-refractivity contribution in [3.8, 4) is 0 Å². The van der Waals surface area contributed by atoms with Gasteiger partial charge in [0, 0.05) is 19.4 Å². The smallest absolute Gasteiger partial charge is 0.462 e. The number of nitrogens with two attached hydrogens (primary N) is 1. The normalized spacial score (nSPS) is 13.7. The number of unbranched alkanes of at least 4 members (excludes halogenated alkanes) is 21. The van der Waals surface area contributed by atoms with Crippen LogP contribution in [0.5, 0.6) is 0 Å². The summed E-state index contributed by atoms with van der Waals surface area (Å²) in [5.41, 5.74) is 5.34. The first kappa shape index (κ1) is 51.2. The SMILES string of the molecule is CCCC/C=C/CCCCCCCCCCCC(=O)OC[C@H](COP(=O)(O)OCCN)OC(=O)CCCCCCCCC/C=C/C/C=C/CCCCC. The van der Waals surface area contributed by atoms with Gasteiger partial charge in [-0.25, -0.2) is 4.57 Å². The van der Waals surface area contributed by atoms with Gasteiger partial charge in [0.15, 0.2) is 6.10 Å². The second-order valence-corrected chi connectivity index (χ2v) is 15.7. The lowest BCUT2D eigenvalue weighted by molar-refractivity contribution is -0.161. The van der Waals surface area contributed by atoms with E-state index < -0.39 is 26.5 Å². The Balaban J connectivity index is 4.16. The molecule has 0 aliphatic rings. The lowest BCUT2D eigenvalue weighted by Gasteiger charge is -2.19. The van der Waals surface area contributed by atoms with Crippen molar-refractivity contribution in [3.63, 3.8) is 0 Å². The Morgan fingerprint density at radius 3 is 1.51 bits per heavy atom. The predicted octanol–water partition coefficient (Wildman–Crippen LogP) is 12.2. The van der Waals surface area contributed by atoms with E-state index >= 15 is 0 Å². The van der Waals surface area contributed by atoms with Crippen LogP contribution in [-0.4, -0.2) is 49.3 Å². The minimum absolute atomic E-state index is 0.0515. The highest BCUT2D eigenvalue weighted by molar-refractivity contribution is 7.47. The van der Waals surface area contributed by atoms with E-state index in [9.17, 15) is 19.0 Å². The maximum absolute atomic E-state index is 12.6. The number of phosphoric acid groups is 1.